The molecule has 1 rings (SSSR count). The smallest absolute Gasteiger partial charge is 0.306 e. The van der Waals surface area contributed by atoms with Crippen LogP contribution in [-0.4, -0.2) is 89.6 Å². The SMILES string of the molecule is CC/C=C\C/C=C\C/C=C\C/C=C\CCCCCCCCCCC(=O)OC(COCCCCCCCCCCCCCCCCCCCCC)COC1OC(CO)C(O)C(O)C1O. The van der Waals surface area contributed by atoms with Crippen LogP contribution in [0.1, 0.15) is 226 Å². The fourth-order valence-corrected chi connectivity index (χ4v) is 7.96. The fraction of sp³-hybridized carbons (Fsp3) is 0.833. The molecule has 0 bridgehead atoms. The lowest BCUT2D eigenvalue weighted by molar-refractivity contribution is -0.305. The van der Waals surface area contributed by atoms with E-state index in [-0.39, 0.29) is 19.2 Å². The molecule has 0 spiro atoms. The van der Waals surface area contributed by atoms with Crippen LogP contribution in [-0.2, 0) is 23.7 Å². The van der Waals surface area contributed by atoms with Gasteiger partial charge in [-0.25, -0.2) is 0 Å². The van der Waals surface area contributed by atoms with Crippen molar-refractivity contribution in [3.05, 3.63) is 48.6 Å². The molecule has 1 aliphatic rings. The number of esters is 1. The van der Waals surface area contributed by atoms with Crippen LogP contribution in [0.4, 0.5) is 0 Å². The van der Waals surface area contributed by atoms with Gasteiger partial charge in [0.1, 0.15) is 30.5 Å². The van der Waals surface area contributed by atoms with Crippen molar-refractivity contribution in [2.75, 3.05) is 26.4 Å². The second-order valence-corrected chi connectivity index (χ2v) is 17.9. The maximum Gasteiger partial charge on any atom is 0.306 e. The van der Waals surface area contributed by atoms with Crippen molar-refractivity contribution in [3.8, 4) is 0 Å². The van der Waals surface area contributed by atoms with E-state index in [0.29, 0.717) is 13.0 Å². The first kappa shape index (κ1) is 59.2. The summed E-state index contributed by atoms with van der Waals surface area (Å²) < 4.78 is 22.9. The standard InChI is InChI=1S/C54H98O9/c1-3-5-7-9-11-13-15-17-19-21-23-24-25-27-29-31-33-35-37-39-41-43-50(56)62-48(47-61-54-53(59)52(58)51(57)49(45-55)63-54)46-60-44-42-40-38-36-34-32-30-28-26-22-20-18-16-14-12-10-8-6-4-2/h5,7,11,13,17,19,23-24,48-49,51-55,57-59H,3-4,6,8-10,12,14-16,18,20-22,25-47H2,1-2H3/b7-5-,13-11-,19-17-,24-23-. The van der Waals surface area contributed by atoms with Gasteiger partial charge in [0.15, 0.2) is 6.29 Å². The van der Waals surface area contributed by atoms with Crippen molar-refractivity contribution in [1.82, 2.24) is 0 Å². The molecule has 6 unspecified atom stereocenters. The summed E-state index contributed by atoms with van der Waals surface area (Å²) >= 11 is 0. The Hall–Kier alpha value is -1.85. The summed E-state index contributed by atoms with van der Waals surface area (Å²) in [5.41, 5.74) is 0. The molecule has 0 aromatic rings. The highest BCUT2D eigenvalue weighted by atomic mass is 16.7. The van der Waals surface area contributed by atoms with E-state index in [2.05, 4.69) is 62.5 Å². The summed E-state index contributed by atoms with van der Waals surface area (Å²) in [6.07, 6.45) is 50.0. The van der Waals surface area contributed by atoms with Crippen LogP contribution in [0.3, 0.4) is 0 Å². The molecule has 63 heavy (non-hydrogen) atoms. The maximum atomic E-state index is 12.8. The number of hydrogen-bond donors (Lipinski definition) is 4. The van der Waals surface area contributed by atoms with Gasteiger partial charge >= 0.3 is 5.97 Å². The minimum Gasteiger partial charge on any atom is -0.457 e. The molecule has 4 N–H and O–H groups in total. The lowest BCUT2D eigenvalue weighted by Gasteiger charge is -2.39. The topological polar surface area (TPSA) is 135 Å². The van der Waals surface area contributed by atoms with E-state index in [0.717, 1.165) is 64.2 Å². The summed E-state index contributed by atoms with van der Waals surface area (Å²) in [7, 11) is 0. The summed E-state index contributed by atoms with van der Waals surface area (Å²) in [6.45, 7) is 4.47. The molecular weight excluding hydrogens is 793 g/mol. The molecular formula is C54H98O9. The zero-order valence-electron chi connectivity index (χ0n) is 40.6. The summed E-state index contributed by atoms with van der Waals surface area (Å²) in [5.74, 6) is -0.319. The Kier molecular flexibility index (Phi) is 42.6. The predicted molar refractivity (Wildman–Crippen MR) is 261 cm³/mol. The Morgan fingerprint density at radius 1 is 0.524 bits per heavy atom. The molecule has 0 amide bonds. The minimum absolute atomic E-state index is 0.115. The van der Waals surface area contributed by atoms with Crippen LogP contribution < -0.4 is 0 Å². The molecule has 1 heterocycles. The molecule has 0 aromatic carbocycles. The molecule has 9 nitrogen and oxygen atoms in total. The number of carbonyl (C=O) groups is 1. The van der Waals surface area contributed by atoms with Crippen molar-refractivity contribution in [3.63, 3.8) is 0 Å². The third-order valence-corrected chi connectivity index (χ3v) is 12.0. The Bertz CT molecular complexity index is 1100. The lowest BCUT2D eigenvalue weighted by Crippen LogP contribution is -2.59. The van der Waals surface area contributed by atoms with Crippen LogP contribution in [0.15, 0.2) is 48.6 Å². The number of carbonyl (C=O) groups excluding carboxylic acids is 1. The van der Waals surface area contributed by atoms with Gasteiger partial charge in [-0.2, -0.15) is 0 Å². The van der Waals surface area contributed by atoms with Crippen molar-refractivity contribution < 1.29 is 44.2 Å². The van der Waals surface area contributed by atoms with Gasteiger partial charge in [-0.3, -0.25) is 4.79 Å². The monoisotopic (exact) mass is 891 g/mol. The number of ether oxygens (including phenoxy) is 4. The number of hydrogen-bond acceptors (Lipinski definition) is 9. The third-order valence-electron chi connectivity index (χ3n) is 12.0. The number of allylic oxidation sites excluding steroid dienone is 8. The Morgan fingerprint density at radius 2 is 0.968 bits per heavy atom. The largest absolute Gasteiger partial charge is 0.457 e. The number of rotatable bonds is 45. The van der Waals surface area contributed by atoms with Crippen LogP contribution in [0.2, 0.25) is 0 Å². The van der Waals surface area contributed by atoms with Gasteiger partial charge < -0.3 is 39.4 Å². The summed E-state index contributed by atoms with van der Waals surface area (Å²) in [6, 6.07) is 0. The van der Waals surface area contributed by atoms with Gasteiger partial charge in [0.25, 0.3) is 0 Å². The van der Waals surface area contributed by atoms with E-state index < -0.39 is 43.4 Å². The third kappa shape index (κ3) is 36.0. The Morgan fingerprint density at radius 3 is 1.46 bits per heavy atom. The molecule has 1 fully saturated rings. The molecule has 0 aromatic heterocycles. The van der Waals surface area contributed by atoms with E-state index in [1.54, 1.807) is 0 Å². The molecule has 368 valence electrons. The lowest BCUT2D eigenvalue weighted by atomic mass is 9.99. The van der Waals surface area contributed by atoms with E-state index in [9.17, 15) is 25.2 Å². The first-order valence-electron chi connectivity index (χ1n) is 26.2. The molecule has 1 saturated heterocycles. The van der Waals surface area contributed by atoms with Crippen molar-refractivity contribution >= 4 is 5.97 Å². The zero-order chi connectivity index (χ0) is 45.7. The molecule has 1 aliphatic heterocycles. The Labute approximate surface area is 386 Å². The van der Waals surface area contributed by atoms with Crippen LogP contribution in [0.25, 0.3) is 0 Å². The van der Waals surface area contributed by atoms with Crippen molar-refractivity contribution in [1.29, 1.82) is 0 Å². The quantitative estimate of drug-likeness (QED) is 0.0268. The van der Waals surface area contributed by atoms with Gasteiger partial charge in [-0.15, -0.1) is 0 Å². The van der Waals surface area contributed by atoms with E-state index in [1.165, 1.54) is 141 Å². The summed E-state index contributed by atoms with van der Waals surface area (Å²) in [5, 5.41) is 40.3. The average Bonchev–Trinajstić information content (AvgIpc) is 3.28. The molecule has 0 radical (unpaired) electrons. The first-order chi connectivity index (χ1) is 30.9. The predicted octanol–water partition coefficient (Wildman–Crippen LogP) is 12.9. The van der Waals surface area contributed by atoms with Gasteiger partial charge in [0.05, 0.1) is 19.8 Å². The van der Waals surface area contributed by atoms with Crippen molar-refractivity contribution in [2.45, 2.75) is 263 Å². The average molecular weight is 891 g/mol. The van der Waals surface area contributed by atoms with Gasteiger partial charge in [-0.1, -0.05) is 217 Å². The number of unbranched alkanes of at least 4 members (excludes halogenated alkanes) is 26. The Balaban J connectivity index is 2.20. The molecule has 9 heteroatoms. The summed E-state index contributed by atoms with van der Waals surface area (Å²) in [4.78, 5) is 12.8. The van der Waals surface area contributed by atoms with E-state index >= 15 is 0 Å². The number of aliphatic hydroxyl groups excluding tert-OH is 4. The van der Waals surface area contributed by atoms with E-state index in [4.69, 9.17) is 18.9 Å². The van der Waals surface area contributed by atoms with E-state index in [1.807, 2.05) is 0 Å². The number of aliphatic hydroxyl groups is 4. The van der Waals surface area contributed by atoms with Gasteiger partial charge in [-0.05, 0) is 51.4 Å². The van der Waals surface area contributed by atoms with Gasteiger partial charge in [0, 0.05) is 13.0 Å². The molecule has 6 atom stereocenters. The van der Waals surface area contributed by atoms with Crippen LogP contribution in [0.5, 0.6) is 0 Å². The van der Waals surface area contributed by atoms with Crippen LogP contribution >= 0.6 is 0 Å². The highest BCUT2D eigenvalue weighted by molar-refractivity contribution is 5.69. The van der Waals surface area contributed by atoms with Crippen LogP contribution in [0, 0.1) is 0 Å². The fourth-order valence-electron chi connectivity index (χ4n) is 7.96. The maximum absolute atomic E-state index is 12.8. The second kappa shape index (κ2) is 45.3. The highest BCUT2D eigenvalue weighted by Gasteiger charge is 2.44. The molecule has 0 aliphatic carbocycles. The first-order valence-corrected chi connectivity index (χ1v) is 26.2. The zero-order valence-corrected chi connectivity index (χ0v) is 40.6. The highest BCUT2D eigenvalue weighted by Crippen LogP contribution is 2.23. The van der Waals surface area contributed by atoms with Crippen molar-refractivity contribution in [2.24, 2.45) is 0 Å². The minimum atomic E-state index is -1.54. The second-order valence-electron chi connectivity index (χ2n) is 17.9. The molecule has 0 saturated carbocycles. The van der Waals surface area contributed by atoms with Gasteiger partial charge in [0.2, 0.25) is 0 Å². The normalized spacial score (nSPS) is 20.0.